The Kier molecular flexibility index (Phi) is 9.79. The van der Waals surface area contributed by atoms with Crippen molar-refractivity contribution in [1.29, 1.82) is 0 Å². The number of ether oxygens (including phenoxy) is 3. The van der Waals surface area contributed by atoms with Gasteiger partial charge in [-0.25, -0.2) is 8.42 Å². The zero-order chi connectivity index (χ0) is 27.7. The fraction of sp³-hybridized carbons (Fsp3) is 0.280. The van der Waals surface area contributed by atoms with Crippen LogP contribution >= 0.6 is 12.2 Å². The standard InChI is InChI=1S/C25H29N5O6S2/c1-16(2)13-14-36-19-9-5-17(6-10-19)23(31)29-25(37)26-18-7-11-20(12-8-18)38(32,33)30-21-15-22(34-3)28-24(27-21)35-4/h5-12,15-16H,13-14H2,1-4H3,(H,27,28,30)(H2,26,29,31,37). The summed E-state index contributed by atoms with van der Waals surface area (Å²) < 4.78 is 43.6. The molecule has 0 bridgehead atoms. The van der Waals surface area contributed by atoms with Crippen LogP contribution in [-0.4, -0.2) is 50.2 Å². The minimum absolute atomic E-state index is 0.0186. The molecule has 38 heavy (non-hydrogen) atoms. The van der Waals surface area contributed by atoms with Crippen LogP contribution in [0.3, 0.4) is 0 Å². The van der Waals surface area contributed by atoms with Gasteiger partial charge in [0.1, 0.15) is 5.75 Å². The van der Waals surface area contributed by atoms with Gasteiger partial charge in [0.2, 0.25) is 5.88 Å². The van der Waals surface area contributed by atoms with Gasteiger partial charge in [0.05, 0.1) is 25.7 Å². The molecule has 0 aliphatic rings. The first-order valence-electron chi connectivity index (χ1n) is 11.5. The van der Waals surface area contributed by atoms with Gasteiger partial charge in [-0.2, -0.15) is 9.97 Å². The summed E-state index contributed by atoms with van der Waals surface area (Å²) in [6, 6.07) is 13.8. The number of thiocarbonyl (C=S) groups is 1. The predicted octanol–water partition coefficient (Wildman–Crippen LogP) is 3.85. The van der Waals surface area contributed by atoms with Gasteiger partial charge in [-0.3, -0.25) is 14.8 Å². The number of nitrogens with one attached hydrogen (secondary N) is 3. The van der Waals surface area contributed by atoms with E-state index in [9.17, 15) is 13.2 Å². The Morgan fingerprint density at radius 2 is 1.68 bits per heavy atom. The van der Waals surface area contributed by atoms with Gasteiger partial charge in [-0.15, -0.1) is 0 Å². The SMILES string of the molecule is COc1cc(NS(=O)(=O)c2ccc(NC(=S)NC(=O)c3ccc(OCCC(C)C)cc3)cc2)nc(OC)n1. The van der Waals surface area contributed by atoms with Gasteiger partial charge in [-0.05, 0) is 73.1 Å². The Morgan fingerprint density at radius 1 is 1.00 bits per heavy atom. The van der Waals surface area contributed by atoms with Crippen LogP contribution in [0.5, 0.6) is 17.6 Å². The molecule has 0 radical (unpaired) electrons. The van der Waals surface area contributed by atoms with Crippen LogP contribution < -0.4 is 29.6 Å². The molecule has 0 unspecified atom stereocenters. The number of methoxy groups -OCH3 is 2. The van der Waals surface area contributed by atoms with Crippen molar-refractivity contribution in [2.75, 3.05) is 30.9 Å². The fourth-order valence-corrected chi connectivity index (χ4v) is 4.22. The molecule has 0 saturated carbocycles. The van der Waals surface area contributed by atoms with Crippen molar-refractivity contribution in [3.63, 3.8) is 0 Å². The van der Waals surface area contributed by atoms with Crippen LogP contribution in [0.1, 0.15) is 30.6 Å². The molecule has 3 aromatic rings. The van der Waals surface area contributed by atoms with Crippen LogP contribution in [-0.2, 0) is 10.0 Å². The average molecular weight is 560 g/mol. The maximum atomic E-state index is 12.8. The number of anilines is 2. The molecular weight excluding hydrogens is 530 g/mol. The van der Waals surface area contributed by atoms with Crippen LogP contribution in [0.2, 0.25) is 0 Å². The van der Waals surface area contributed by atoms with Crippen LogP contribution in [0.25, 0.3) is 0 Å². The normalized spacial score (nSPS) is 11.0. The number of carbonyl (C=O) groups is 1. The van der Waals surface area contributed by atoms with E-state index in [2.05, 4.69) is 39.2 Å². The molecule has 11 nitrogen and oxygen atoms in total. The van der Waals surface area contributed by atoms with Crippen LogP contribution in [0.4, 0.5) is 11.5 Å². The lowest BCUT2D eigenvalue weighted by Gasteiger charge is -2.12. The van der Waals surface area contributed by atoms with Crippen molar-refractivity contribution in [1.82, 2.24) is 15.3 Å². The molecule has 0 spiro atoms. The number of aromatic nitrogens is 2. The summed E-state index contributed by atoms with van der Waals surface area (Å²) in [5, 5.41) is 5.51. The summed E-state index contributed by atoms with van der Waals surface area (Å²) in [4.78, 5) is 20.4. The van der Waals surface area contributed by atoms with Gasteiger partial charge in [0.15, 0.2) is 10.9 Å². The van der Waals surface area contributed by atoms with Crippen LogP contribution in [0.15, 0.2) is 59.5 Å². The molecule has 1 heterocycles. The lowest BCUT2D eigenvalue weighted by Crippen LogP contribution is -2.34. The molecule has 0 aliphatic heterocycles. The van der Waals surface area contributed by atoms with E-state index in [1.165, 1.54) is 44.6 Å². The summed E-state index contributed by atoms with van der Waals surface area (Å²) in [5.74, 6) is 0.954. The first-order chi connectivity index (χ1) is 18.1. The summed E-state index contributed by atoms with van der Waals surface area (Å²) in [6.45, 7) is 4.86. The number of hydrogen-bond acceptors (Lipinski definition) is 9. The number of nitrogens with zero attached hydrogens (tertiary/aromatic N) is 2. The zero-order valence-electron chi connectivity index (χ0n) is 21.3. The van der Waals surface area contributed by atoms with E-state index < -0.39 is 15.9 Å². The monoisotopic (exact) mass is 559 g/mol. The van der Waals surface area contributed by atoms with Gasteiger partial charge in [-0.1, -0.05) is 13.8 Å². The summed E-state index contributed by atoms with van der Waals surface area (Å²) in [5.41, 5.74) is 0.893. The second kappa shape index (κ2) is 13.0. The van der Waals surface area contributed by atoms with Gasteiger partial charge >= 0.3 is 6.01 Å². The number of rotatable bonds is 11. The second-order valence-electron chi connectivity index (χ2n) is 8.38. The van der Waals surface area contributed by atoms with Crippen molar-refractivity contribution in [2.24, 2.45) is 5.92 Å². The van der Waals surface area contributed by atoms with Crippen LogP contribution in [0, 0.1) is 5.92 Å². The molecule has 0 fully saturated rings. The highest BCUT2D eigenvalue weighted by Crippen LogP contribution is 2.21. The Labute approximate surface area is 227 Å². The highest BCUT2D eigenvalue weighted by Gasteiger charge is 2.17. The molecule has 3 rings (SSSR count). The van der Waals surface area contributed by atoms with Gasteiger partial charge < -0.3 is 19.5 Å². The largest absolute Gasteiger partial charge is 0.494 e. The van der Waals surface area contributed by atoms with Crippen molar-refractivity contribution < 1.29 is 27.4 Å². The maximum absolute atomic E-state index is 12.8. The third-order valence-electron chi connectivity index (χ3n) is 5.04. The quantitative estimate of drug-likeness (QED) is 0.297. The van der Waals surface area contributed by atoms with E-state index in [0.29, 0.717) is 29.5 Å². The molecule has 1 aromatic heterocycles. The van der Waals surface area contributed by atoms with Crippen molar-refractivity contribution in [3.05, 3.63) is 60.2 Å². The Morgan fingerprint density at radius 3 is 2.29 bits per heavy atom. The maximum Gasteiger partial charge on any atom is 0.321 e. The number of sulfonamides is 1. The summed E-state index contributed by atoms with van der Waals surface area (Å²) >= 11 is 5.22. The van der Waals surface area contributed by atoms with Gasteiger partial charge in [0, 0.05) is 17.3 Å². The van der Waals surface area contributed by atoms with E-state index in [0.717, 1.165) is 6.42 Å². The van der Waals surface area contributed by atoms with Crippen molar-refractivity contribution >= 4 is 44.8 Å². The average Bonchev–Trinajstić information content (AvgIpc) is 2.88. The minimum atomic E-state index is -3.97. The molecule has 0 saturated heterocycles. The molecule has 1 amide bonds. The highest BCUT2D eigenvalue weighted by atomic mass is 32.2. The Hall–Kier alpha value is -3.97. The lowest BCUT2D eigenvalue weighted by molar-refractivity contribution is 0.0977. The first kappa shape index (κ1) is 28.6. The van der Waals surface area contributed by atoms with E-state index in [4.69, 9.17) is 26.4 Å². The van der Waals surface area contributed by atoms with Gasteiger partial charge in [0.25, 0.3) is 15.9 Å². The topological polar surface area (TPSA) is 141 Å². The van der Waals surface area contributed by atoms with Crippen molar-refractivity contribution in [2.45, 2.75) is 25.2 Å². The highest BCUT2D eigenvalue weighted by molar-refractivity contribution is 7.92. The molecule has 0 aliphatic carbocycles. The third-order valence-corrected chi connectivity index (χ3v) is 6.62. The first-order valence-corrected chi connectivity index (χ1v) is 13.4. The minimum Gasteiger partial charge on any atom is -0.494 e. The van der Waals surface area contributed by atoms with E-state index >= 15 is 0 Å². The number of carbonyl (C=O) groups excluding carboxylic acids is 1. The molecule has 3 N–H and O–H groups in total. The van der Waals surface area contributed by atoms with E-state index in [1.54, 1.807) is 24.3 Å². The Balaban J connectivity index is 1.57. The number of hydrogen-bond donors (Lipinski definition) is 3. The van der Waals surface area contributed by atoms with E-state index in [1.807, 2.05) is 0 Å². The molecule has 0 atom stereocenters. The zero-order valence-corrected chi connectivity index (χ0v) is 23.0. The summed E-state index contributed by atoms with van der Waals surface area (Å²) in [7, 11) is -1.23. The molecule has 202 valence electrons. The third kappa shape index (κ3) is 8.28. The number of amides is 1. The lowest BCUT2D eigenvalue weighted by atomic mass is 10.1. The van der Waals surface area contributed by atoms with E-state index in [-0.39, 0.29) is 27.7 Å². The molecule has 2 aromatic carbocycles. The fourth-order valence-electron chi connectivity index (χ4n) is 3.02. The number of benzene rings is 2. The summed E-state index contributed by atoms with van der Waals surface area (Å²) in [6.07, 6.45) is 0.942. The molecule has 13 heteroatoms. The Bertz CT molecular complexity index is 1340. The predicted molar refractivity (Wildman–Crippen MR) is 147 cm³/mol. The smallest absolute Gasteiger partial charge is 0.321 e. The molecular formula is C25H29N5O6S2. The van der Waals surface area contributed by atoms with Crippen molar-refractivity contribution in [3.8, 4) is 17.6 Å². The second-order valence-corrected chi connectivity index (χ2v) is 10.5.